The third kappa shape index (κ3) is 5.41. The number of rotatable bonds is 10. The number of hydrogen-bond acceptors (Lipinski definition) is 8. The summed E-state index contributed by atoms with van der Waals surface area (Å²) < 4.78 is 34.8. The van der Waals surface area contributed by atoms with Gasteiger partial charge in [0.2, 0.25) is 5.91 Å². The monoisotopic (exact) mass is 570 g/mol. The number of ether oxygens (including phenoxy) is 1. The van der Waals surface area contributed by atoms with Gasteiger partial charge in [0.25, 0.3) is 10.0 Å². The fourth-order valence-electron chi connectivity index (χ4n) is 4.45. The van der Waals surface area contributed by atoms with Crippen molar-refractivity contribution in [3.05, 3.63) is 34.7 Å². The quantitative estimate of drug-likeness (QED) is 0.343. The maximum Gasteiger partial charge on any atom is 0.253 e. The smallest absolute Gasteiger partial charge is 0.253 e. The highest BCUT2D eigenvalue weighted by atomic mass is 35.5. The third-order valence-corrected chi connectivity index (χ3v) is 11.3. The SMILES string of the molecule is CCN(CC)CCN(C(=O)C1CCCCN1S(=O)(=O)c1cccs1)c1nc2c(OC)ccc(Cl)c2s1. The van der Waals surface area contributed by atoms with Gasteiger partial charge in [-0.05, 0) is 49.5 Å². The number of methoxy groups -OCH3 is 1. The minimum atomic E-state index is -3.78. The van der Waals surface area contributed by atoms with Crippen LogP contribution in [0.15, 0.2) is 33.9 Å². The van der Waals surface area contributed by atoms with Crippen LogP contribution in [0.25, 0.3) is 10.2 Å². The molecule has 1 saturated heterocycles. The van der Waals surface area contributed by atoms with E-state index < -0.39 is 16.1 Å². The van der Waals surface area contributed by atoms with E-state index >= 15 is 0 Å². The van der Waals surface area contributed by atoms with Gasteiger partial charge in [0.05, 0.1) is 16.8 Å². The standard InChI is InChI=1S/C24H31ClN4O4S3/c1-4-27(5-2)14-15-28(24-26-21-19(33-3)12-11-17(25)22(21)35-24)23(30)18-9-6-7-13-29(18)36(31,32)20-10-8-16-34-20/h8,10-12,16,18H,4-7,9,13-15H2,1-3H3. The summed E-state index contributed by atoms with van der Waals surface area (Å²) in [6.45, 7) is 7.21. The van der Waals surface area contributed by atoms with Crippen molar-refractivity contribution in [2.75, 3.05) is 44.7 Å². The van der Waals surface area contributed by atoms with Gasteiger partial charge >= 0.3 is 0 Å². The first-order valence-corrected chi connectivity index (χ1v) is 15.5. The number of thiazole rings is 1. The number of fused-ring (bicyclic) bond motifs is 1. The molecule has 4 rings (SSSR count). The zero-order valence-corrected chi connectivity index (χ0v) is 23.9. The highest BCUT2D eigenvalue weighted by molar-refractivity contribution is 7.91. The molecule has 1 amide bonds. The molecule has 8 nitrogen and oxygen atoms in total. The van der Waals surface area contributed by atoms with Crippen molar-refractivity contribution in [3.8, 4) is 5.75 Å². The zero-order valence-electron chi connectivity index (χ0n) is 20.6. The summed E-state index contributed by atoms with van der Waals surface area (Å²) in [5, 5.41) is 2.76. The van der Waals surface area contributed by atoms with E-state index in [2.05, 4.69) is 18.7 Å². The minimum Gasteiger partial charge on any atom is -0.494 e. The Morgan fingerprint density at radius 3 is 2.67 bits per heavy atom. The van der Waals surface area contributed by atoms with Crippen LogP contribution in [0.1, 0.15) is 33.1 Å². The summed E-state index contributed by atoms with van der Waals surface area (Å²) in [6.07, 6.45) is 1.98. The van der Waals surface area contributed by atoms with Crippen molar-refractivity contribution in [1.29, 1.82) is 0 Å². The van der Waals surface area contributed by atoms with Crippen LogP contribution in [-0.2, 0) is 14.8 Å². The number of halogens is 1. The van der Waals surface area contributed by atoms with Gasteiger partial charge in [-0.2, -0.15) is 4.31 Å². The Morgan fingerprint density at radius 1 is 1.22 bits per heavy atom. The lowest BCUT2D eigenvalue weighted by atomic mass is 10.0. The van der Waals surface area contributed by atoms with Gasteiger partial charge in [0.1, 0.15) is 21.5 Å². The van der Waals surface area contributed by atoms with Crippen LogP contribution in [0.3, 0.4) is 0 Å². The largest absolute Gasteiger partial charge is 0.494 e. The number of likely N-dealkylation sites (N-methyl/N-ethyl adjacent to an activating group) is 1. The molecule has 36 heavy (non-hydrogen) atoms. The first-order valence-electron chi connectivity index (χ1n) is 12.0. The van der Waals surface area contributed by atoms with E-state index in [1.807, 2.05) is 0 Å². The van der Waals surface area contributed by atoms with E-state index in [4.69, 9.17) is 21.3 Å². The molecule has 1 aliphatic rings. The fraction of sp³-hybridized carbons (Fsp3) is 0.500. The van der Waals surface area contributed by atoms with Gasteiger partial charge in [-0.1, -0.05) is 49.3 Å². The van der Waals surface area contributed by atoms with E-state index in [0.717, 1.165) is 30.6 Å². The summed E-state index contributed by atoms with van der Waals surface area (Å²) in [5.74, 6) is 0.323. The Hall–Kier alpha value is -1.76. The van der Waals surface area contributed by atoms with Crippen LogP contribution in [0.2, 0.25) is 5.02 Å². The molecular formula is C24H31ClN4O4S3. The van der Waals surface area contributed by atoms with Crippen LogP contribution in [0.5, 0.6) is 5.75 Å². The van der Waals surface area contributed by atoms with Crippen molar-refractivity contribution in [1.82, 2.24) is 14.2 Å². The highest BCUT2D eigenvalue weighted by Gasteiger charge is 2.41. The third-order valence-electron chi connectivity index (χ3n) is 6.50. The lowest BCUT2D eigenvalue weighted by Crippen LogP contribution is -2.54. The topological polar surface area (TPSA) is 83.0 Å². The molecule has 1 unspecified atom stereocenters. The number of carbonyl (C=O) groups excluding carboxylic acids is 1. The van der Waals surface area contributed by atoms with E-state index in [-0.39, 0.29) is 10.1 Å². The summed E-state index contributed by atoms with van der Waals surface area (Å²) in [7, 11) is -2.21. The lowest BCUT2D eigenvalue weighted by molar-refractivity contribution is -0.123. The van der Waals surface area contributed by atoms with Crippen molar-refractivity contribution >= 4 is 65.6 Å². The average molecular weight is 571 g/mol. The van der Waals surface area contributed by atoms with Crippen LogP contribution in [-0.4, -0.2) is 74.4 Å². The number of thiophene rings is 1. The predicted molar refractivity (Wildman–Crippen MR) is 147 cm³/mol. The second-order valence-electron chi connectivity index (χ2n) is 8.50. The molecule has 12 heteroatoms. The second kappa shape index (κ2) is 11.7. The number of anilines is 1. The molecule has 3 heterocycles. The van der Waals surface area contributed by atoms with Crippen LogP contribution >= 0.6 is 34.3 Å². The van der Waals surface area contributed by atoms with Gasteiger partial charge in [-0.25, -0.2) is 13.4 Å². The van der Waals surface area contributed by atoms with E-state index in [9.17, 15) is 13.2 Å². The number of amides is 1. The molecule has 0 spiro atoms. The van der Waals surface area contributed by atoms with Gasteiger partial charge in [0.15, 0.2) is 5.13 Å². The normalized spacial score (nSPS) is 17.1. The molecule has 1 fully saturated rings. The molecule has 1 aliphatic heterocycles. The average Bonchev–Trinajstić information content (AvgIpc) is 3.58. The molecule has 0 aliphatic carbocycles. The summed E-state index contributed by atoms with van der Waals surface area (Å²) in [5.41, 5.74) is 0.595. The molecule has 0 N–H and O–H groups in total. The predicted octanol–water partition coefficient (Wildman–Crippen LogP) is 4.94. The molecule has 0 radical (unpaired) electrons. The number of piperidine rings is 1. The Morgan fingerprint density at radius 2 is 2.00 bits per heavy atom. The maximum atomic E-state index is 14.1. The van der Waals surface area contributed by atoms with E-state index in [1.54, 1.807) is 41.7 Å². The van der Waals surface area contributed by atoms with Gasteiger partial charge in [0, 0.05) is 19.6 Å². The van der Waals surface area contributed by atoms with Gasteiger partial charge in [-0.3, -0.25) is 9.69 Å². The van der Waals surface area contributed by atoms with Crippen LogP contribution in [0.4, 0.5) is 5.13 Å². The molecule has 0 bridgehead atoms. The summed E-state index contributed by atoms with van der Waals surface area (Å²) in [4.78, 5) is 22.8. The summed E-state index contributed by atoms with van der Waals surface area (Å²) >= 11 is 8.96. The Bertz CT molecular complexity index is 1290. The molecule has 3 aromatic rings. The minimum absolute atomic E-state index is 0.254. The number of benzene rings is 1. The fourth-order valence-corrected chi connectivity index (χ4v) is 8.51. The number of aromatic nitrogens is 1. The lowest BCUT2D eigenvalue weighted by Gasteiger charge is -2.36. The molecule has 0 saturated carbocycles. The molecule has 196 valence electrons. The van der Waals surface area contributed by atoms with E-state index in [1.165, 1.54) is 27.0 Å². The first-order chi connectivity index (χ1) is 17.3. The number of sulfonamides is 1. The van der Waals surface area contributed by atoms with E-state index in [0.29, 0.717) is 47.5 Å². The van der Waals surface area contributed by atoms with Crippen molar-refractivity contribution in [3.63, 3.8) is 0 Å². The highest BCUT2D eigenvalue weighted by Crippen LogP contribution is 2.39. The molecule has 1 aromatic carbocycles. The first kappa shape index (κ1) is 27.3. The zero-order chi connectivity index (χ0) is 25.9. The molecular weight excluding hydrogens is 540 g/mol. The van der Waals surface area contributed by atoms with Crippen molar-refractivity contribution in [2.45, 2.75) is 43.4 Å². The van der Waals surface area contributed by atoms with Crippen molar-refractivity contribution < 1.29 is 17.9 Å². The molecule has 1 atom stereocenters. The van der Waals surface area contributed by atoms with Gasteiger partial charge in [-0.15, -0.1) is 11.3 Å². The van der Waals surface area contributed by atoms with Gasteiger partial charge < -0.3 is 9.64 Å². The Kier molecular flexibility index (Phi) is 8.90. The maximum absolute atomic E-state index is 14.1. The van der Waals surface area contributed by atoms with Crippen LogP contribution < -0.4 is 9.64 Å². The number of hydrogen-bond donors (Lipinski definition) is 0. The second-order valence-corrected chi connectivity index (χ2v) is 12.9. The Balaban J connectivity index is 1.74. The van der Waals surface area contributed by atoms with Crippen molar-refractivity contribution in [2.24, 2.45) is 0 Å². The molecule has 2 aromatic heterocycles. The number of nitrogens with zero attached hydrogens (tertiary/aromatic N) is 4. The number of carbonyl (C=O) groups is 1. The summed E-state index contributed by atoms with van der Waals surface area (Å²) in [6, 6.07) is 6.03. The Labute approximate surface area is 225 Å². The van der Waals surface area contributed by atoms with Crippen LogP contribution in [0, 0.1) is 0 Å².